The van der Waals surface area contributed by atoms with Crippen molar-refractivity contribution in [3.8, 4) is 0 Å². The molecule has 2 aromatic heterocycles. The van der Waals surface area contributed by atoms with Crippen molar-refractivity contribution in [1.82, 2.24) is 15.3 Å². The topological polar surface area (TPSA) is 78.9 Å². The van der Waals surface area contributed by atoms with Gasteiger partial charge in [0.05, 0.1) is 5.39 Å². The lowest BCUT2D eigenvalue weighted by Gasteiger charge is -2.09. The fourth-order valence-electron chi connectivity index (χ4n) is 1.87. The Kier molecular flexibility index (Phi) is 5.74. The number of anilines is 2. The first-order chi connectivity index (χ1) is 10.2. The van der Waals surface area contributed by atoms with Crippen LogP contribution in [0.3, 0.4) is 0 Å². The number of fused-ring (bicyclic) bond motifs is 1. The van der Waals surface area contributed by atoms with Gasteiger partial charge in [-0.05, 0) is 24.8 Å². The summed E-state index contributed by atoms with van der Waals surface area (Å²) in [6, 6.07) is 2.00. The van der Waals surface area contributed by atoms with Gasteiger partial charge in [-0.25, -0.2) is 4.98 Å². The van der Waals surface area contributed by atoms with E-state index in [1.807, 2.05) is 25.3 Å². The smallest absolute Gasteiger partial charge is 0.226 e. The van der Waals surface area contributed by atoms with Crippen LogP contribution in [0, 0.1) is 0 Å². The Bertz CT molecular complexity index is 598. The van der Waals surface area contributed by atoms with Crippen molar-refractivity contribution in [2.45, 2.75) is 26.7 Å². The van der Waals surface area contributed by atoms with Gasteiger partial charge in [0.2, 0.25) is 11.9 Å². The number of rotatable bonds is 8. The minimum absolute atomic E-state index is 0.0619. The molecule has 0 aliphatic rings. The molecule has 114 valence electrons. The molecule has 0 aromatic carbocycles. The van der Waals surface area contributed by atoms with Crippen molar-refractivity contribution in [2.75, 3.05) is 30.3 Å². The third kappa shape index (κ3) is 4.29. The molecule has 0 unspecified atom stereocenters. The van der Waals surface area contributed by atoms with Gasteiger partial charge in [0, 0.05) is 26.1 Å². The highest BCUT2D eigenvalue weighted by atomic mass is 32.1. The van der Waals surface area contributed by atoms with Crippen LogP contribution in [0.25, 0.3) is 10.2 Å². The van der Waals surface area contributed by atoms with Crippen LogP contribution in [0.2, 0.25) is 0 Å². The summed E-state index contributed by atoms with van der Waals surface area (Å²) in [7, 11) is 0. The molecule has 0 spiro atoms. The predicted octanol–water partition coefficient (Wildman–Crippen LogP) is 2.45. The Morgan fingerprint density at radius 1 is 1.24 bits per heavy atom. The summed E-state index contributed by atoms with van der Waals surface area (Å²) in [4.78, 5) is 21.4. The quantitative estimate of drug-likeness (QED) is 0.698. The van der Waals surface area contributed by atoms with Gasteiger partial charge in [-0.3, -0.25) is 4.79 Å². The molecule has 0 radical (unpaired) electrons. The van der Waals surface area contributed by atoms with E-state index in [2.05, 4.69) is 25.9 Å². The molecule has 2 rings (SSSR count). The van der Waals surface area contributed by atoms with E-state index in [1.165, 1.54) is 0 Å². The molecule has 0 fully saturated rings. The van der Waals surface area contributed by atoms with E-state index >= 15 is 0 Å². The zero-order valence-corrected chi connectivity index (χ0v) is 13.2. The van der Waals surface area contributed by atoms with Crippen LogP contribution in [-0.2, 0) is 4.79 Å². The number of nitrogens with one attached hydrogen (secondary N) is 3. The Labute approximate surface area is 128 Å². The molecule has 2 heterocycles. The van der Waals surface area contributed by atoms with E-state index < -0.39 is 0 Å². The molecule has 0 saturated heterocycles. The molecule has 0 aliphatic heterocycles. The standard InChI is InChI=1S/C14H21N5OS/c1-3-7-16-11(20)5-8-17-12-10-6-9-21-13(10)19-14(18-12)15-4-2/h6,9H,3-5,7-8H2,1-2H3,(H,16,20)(H2,15,17,18,19). The molecule has 2 aromatic rings. The summed E-state index contributed by atoms with van der Waals surface area (Å²) in [5.41, 5.74) is 0. The first-order valence-corrected chi connectivity index (χ1v) is 8.12. The molecule has 0 atom stereocenters. The van der Waals surface area contributed by atoms with Crippen molar-refractivity contribution in [2.24, 2.45) is 0 Å². The third-order valence-electron chi connectivity index (χ3n) is 2.88. The summed E-state index contributed by atoms with van der Waals surface area (Å²) in [6.07, 6.45) is 1.39. The molecule has 0 aliphatic carbocycles. The number of carbonyl (C=O) groups is 1. The average Bonchev–Trinajstić information content (AvgIpc) is 2.94. The monoisotopic (exact) mass is 307 g/mol. The lowest BCUT2D eigenvalue weighted by atomic mass is 10.3. The zero-order chi connectivity index (χ0) is 15.1. The van der Waals surface area contributed by atoms with Crippen molar-refractivity contribution in [3.63, 3.8) is 0 Å². The Morgan fingerprint density at radius 3 is 2.86 bits per heavy atom. The largest absolute Gasteiger partial charge is 0.369 e. The van der Waals surface area contributed by atoms with Crippen molar-refractivity contribution in [1.29, 1.82) is 0 Å². The minimum atomic E-state index is 0.0619. The molecule has 21 heavy (non-hydrogen) atoms. The first-order valence-electron chi connectivity index (χ1n) is 7.24. The molecule has 3 N–H and O–H groups in total. The van der Waals surface area contributed by atoms with Gasteiger partial charge in [0.25, 0.3) is 0 Å². The second kappa shape index (κ2) is 7.78. The van der Waals surface area contributed by atoms with E-state index in [0.29, 0.717) is 18.9 Å². The number of hydrogen-bond acceptors (Lipinski definition) is 6. The summed E-state index contributed by atoms with van der Waals surface area (Å²) in [5.74, 6) is 1.46. The summed E-state index contributed by atoms with van der Waals surface area (Å²) in [6.45, 7) is 6.10. The SMILES string of the molecule is CCCNC(=O)CCNc1nc(NCC)nc2sccc12. The van der Waals surface area contributed by atoms with Crippen LogP contribution in [0.15, 0.2) is 11.4 Å². The maximum Gasteiger partial charge on any atom is 0.226 e. The van der Waals surface area contributed by atoms with Crippen molar-refractivity contribution < 1.29 is 4.79 Å². The third-order valence-corrected chi connectivity index (χ3v) is 3.68. The Hall–Kier alpha value is -1.89. The van der Waals surface area contributed by atoms with E-state index in [4.69, 9.17) is 0 Å². The second-order valence-electron chi connectivity index (χ2n) is 4.59. The minimum Gasteiger partial charge on any atom is -0.369 e. The zero-order valence-electron chi connectivity index (χ0n) is 12.4. The number of hydrogen-bond donors (Lipinski definition) is 3. The maximum atomic E-state index is 11.6. The number of aromatic nitrogens is 2. The van der Waals surface area contributed by atoms with E-state index in [0.717, 1.165) is 35.5 Å². The fraction of sp³-hybridized carbons (Fsp3) is 0.500. The van der Waals surface area contributed by atoms with Gasteiger partial charge >= 0.3 is 0 Å². The van der Waals surface area contributed by atoms with Crippen LogP contribution in [-0.4, -0.2) is 35.5 Å². The van der Waals surface area contributed by atoms with Crippen molar-refractivity contribution >= 4 is 39.2 Å². The van der Waals surface area contributed by atoms with Crippen LogP contribution < -0.4 is 16.0 Å². The Morgan fingerprint density at radius 2 is 2.10 bits per heavy atom. The van der Waals surface area contributed by atoms with Crippen LogP contribution >= 0.6 is 11.3 Å². The number of carbonyl (C=O) groups excluding carboxylic acids is 1. The predicted molar refractivity (Wildman–Crippen MR) is 88.0 cm³/mol. The highest BCUT2D eigenvalue weighted by Gasteiger charge is 2.09. The highest BCUT2D eigenvalue weighted by Crippen LogP contribution is 2.26. The van der Waals surface area contributed by atoms with Crippen LogP contribution in [0.1, 0.15) is 26.7 Å². The van der Waals surface area contributed by atoms with Crippen LogP contribution in [0.4, 0.5) is 11.8 Å². The molecule has 0 bridgehead atoms. The maximum absolute atomic E-state index is 11.6. The van der Waals surface area contributed by atoms with E-state index in [-0.39, 0.29) is 5.91 Å². The van der Waals surface area contributed by atoms with Gasteiger partial charge in [0.1, 0.15) is 10.6 Å². The molecule has 0 saturated carbocycles. The van der Waals surface area contributed by atoms with Crippen LogP contribution in [0.5, 0.6) is 0 Å². The molecule has 7 heteroatoms. The van der Waals surface area contributed by atoms with Gasteiger partial charge in [-0.2, -0.15) is 4.98 Å². The normalized spacial score (nSPS) is 10.6. The molecule has 6 nitrogen and oxygen atoms in total. The van der Waals surface area contributed by atoms with E-state index in [1.54, 1.807) is 11.3 Å². The number of amides is 1. The average molecular weight is 307 g/mol. The fourth-order valence-corrected chi connectivity index (χ4v) is 2.64. The summed E-state index contributed by atoms with van der Waals surface area (Å²) < 4.78 is 0. The first kappa shape index (κ1) is 15.5. The molecular formula is C14H21N5OS. The van der Waals surface area contributed by atoms with Gasteiger partial charge in [-0.1, -0.05) is 6.92 Å². The summed E-state index contributed by atoms with van der Waals surface area (Å²) >= 11 is 1.58. The highest BCUT2D eigenvalue weighted by molar-refractivity contribution is 7.16. The summed E-state index contributed by atoms with van der Waals surface area (Å²) in [5, 5.41) is 12.2. The lowest BCUT2D eigenvalue weighted by molar-refractivity contribution is -0.120. The number of thiophene rings is 1. The Balaban J connectivity index is 2.00. The second-order valence-corrected chi connectivity index (χ2v) is 5.49. The lowest BCUT2D eigenvalue weighted by Crippen LogP contribution is -2.26. The molecule has 1 amide bonds. The van der Waals surface area contributed by atoms with E-state index in [9.17, 15) is 4.79 Å². The van der Waals surface area contributed by atoms with Gasteiger partial charge in [0.15, 0.2) is 0 Å². The van der Waals surface area contributed by atoms with Gasteiger partial charge < -0.3 is 16.0 Å². The molecular weight excluding hydrogens is 286 g/mol. The van der Waals surface area contributed by atoms with Gasteiger partial charge in [-0.15, -0.1) is 11.3 Å². The number of nitrogens with zero attached hydrogens (tertiary/aromatic N) is 2. The van der Waals surface area contributed by atoms with Crippen molar-refractivity contribution in [3.05, 3.63) is 11.4 Å².